The highest BCUT2D eigenvalue weighted by Gasteiger charge is 2.52. The number of benzene rings is 2. The second-order valence-electron chi connectivity index (χ2n) is 8.32. The highest BCUT2D eigenvalue weighted by molar-refractivity contribution is 6.33. The number of ether oxygens (including phenoxy) is 1. The number of nitrogens with zero attached hydrogens (tertiary/aromatic N) is 2. The van der Waals surface area contributed by atoms with E-state index in [1.807, 2.05) is 6.92 Å². The van der Waals surface area contributed by atoms with Crippen molar-refractivity contribution in [3.63, 3.8) is 0 Å². The number of aromatic nitrogens is 3. The normalized spacial score (nSPS) is 11.9. The van der Waals surface area contributed by atoms with Gasteiger partial charge in [0.05, 0.1) is 11.6 Å². The molecule has 35 heavy (non-hydrogen) atoms. The monoisotopic (exact) mass is 508 g/mol. The van der Waals surface area contributed by atoms with Crippen molar-refractivity contribution in [3.05, 3.63) is 63.5 Å². The second-order valence-corrected chi connectivity index (χ2v) is 8.73. The maximum absolute atomic E-state index is 13.1. The fourth-order valence-electron chi connectivity index (χ4n) is 2.98. The highest BCUT2D eigenvalue weighted by atomic mass is 35.5. The summed E-state index contributed by atoms with van der Waals surface area (Å²) in [5, 5.41) is 2.54. The predicted octanol–water partition coefficient (Wildman–Crippen LogP) is 5.15. The van der Waals surface area contributed by atoms with Crippen molar-refractivity contribution in [1.82, 2.24) is 20.3 Å². The summed E-state index contributed by atoms with van der Waals surface area (Å²) in [5.41, 5.74) is -1.87. The number of amides is 1. The molecule has 0 bridgehead atoms. The molecular weight excluding hydrogens is 485 g/mol. The van der Waals surface area contributed by atoms with Crippen molar-refractivity contribution >= 4 is 17.5 Å². The van der Waals surface area contributed by atoms with Gasteiger partial charge in [-0.05, 0) is 50.1 Å². The lowest BCUT2D eigenvalue weighted by atomic mass is 9.91. The summed E-state index contributed by atoms with van der Waals surface area (Å²) in [4.78, 5) is 35.3. The minimum atomic E-state index is -4.70. The van der Waals surface area contributed by atoms with Gasteiger partial charge >= 0.3 is 11.9 Å². The number of H-pyrrole nitrogens is 1. The third-order valence-corrected chi connectivity index (χ3v) is 5.56. The molecule has 0 saturated carbocycles. The van der Waals surface area contributed by atoms with Crippen LogP contribution in [-0.4, -0.2) is 33.6 Å². The van der Waals surface area contributed by atoms with Crippen molar-refractivity contribution in [2.24, 2.45) is 5.41 Å². The van der Waals surface area contributed by atoms with E-state index in [0.717, 1.165) is 20.3 Å². The SMILES string of the molecule is CCCOc1cccc(-c2nc(-c3cc(CNC(=O)C(C)(C)C(F)(F)F)ccc3Cl)[nH]c(=O)n2)c1. The average molecular weight is 509 g/mol. The molecule has 0 atom stereocenters. The molecule has 186 valence electrons. The molecule has 3 rings (SSSR count). The van der Waals surface area contributed by atoms with Crippen LogP contribution in [0.25, 0.3) is 22.8 Å². The lowest BCUT2D eigenvalue weighted by Crippen LogP contribution is -2.46. The number of carbonyl (C=O) groups is 1. The maximum Gasteiger partial charge on any atom is 0.402 e. The number of hydrogen-bond donors (Lipinski definition) is 2. The van der Waals surface area contributed by atoms with E-state index in [9.17, 15) is 22.8 Å². The number of aromatic amines is 1. The topological polar surface area (TPSA) is 97.0 Å². The number of hydrogen-bond acceptors (Lipinski definition) is 5. The van der Waals surface area contributed by atoms with Gasteiger partial charge < -0.3 is 10.1 Å². The molecule has 3 aromatic rings. The zero-order valence-electron chi connectivity index (χ0n) is 19.3. The average Bonchev–Trinajstić information content (AvgIpc) is 2.81. The summed E-state index contributed by atoms with van der Waals surface area (Å²) in [7, 11) is 0. The van der Waals surface area contributed by atoms with E-state index in [4.69, 9.17) is 16.3 Å². The number of alkyl halides is 3. The Hall–Kier alpha value is -3.40. The van der Waals surface area contributed by atoms with Gasteiger partial charge in [-0.15, -0.1) is 0 Å². The zero-order valence-corrected chi connectivity index (χ0v) is 20.0. The molecule has 0 unspecified atom stereocenters. The van der Waals surface area contributed by atoms with Crippen molar-refractivity contribution < 1.29 is 22.7 Å². The fourth-order valence-corrected chi connectivity index (χ4v) is 3.19. The molecule has 0 aliphatic carbocycles. The largest absolute Gasteiger partial charge is 0.494 e. The minimum Gasteiger partial charge on any atom is -0.494 e. The molecule has 1 heterocycles. The van der Waals surface area contributed by atoms with Crippen LogP contribution in [0.15, 0.2) is 47.3 Å². The van der Waals surface area contributed by atoms with Crippen LogP contribution < -0.4 is 15.7 Å². The van der Waals surface area contributed by atoms with Crippen LogP contribution in [0.4, 0.5) is 13.2 Å². The van der Waals surface area contributed by atoms with Crippen molar-refractivity contribution in [3.8, 4) is 28.5 Å². The summed E-state index contributed by atoms with van der Waals surface area (Å²) in [6.07, 6.45) is -3.86. The quantitative estimate of drug-likeness (QED) is 0.439. The van der Waals surface area contributed by atoms with Crippen LogP contribution in [0.1, 0.15) is 32.8 Å². The maximum atomic E-state index is 13.1. The van der Waals surface area contributed by atoms with E-state index in [2.05, 4.69) is 20.3 Å². The van der Waals surface area contributed by atoms with Gasteiger partial charge in [0.25, 0.3) is 0 Å². The summed E-state index contributed by atoms with van der Waals surface area (Å²) >= 11 is 6.32. The Morgan fingerprint density at radius 3 is 2.57 bits per heavy atom. The lowest BCUT2D eigenvalue weighted by Gasteiger charge is -2.26. The number of halogens is 4. The molecule has 0 spiro atoms. The summed E-state index contributed by atoms with van der Waals surface area (Å²) in [6.45, 7) is 3.96. The van der Waals surface area contributed by atoms with Crippen LogP contribution >= 0.6 is 11.6 Å². The number of nitrogens with one attached hydrogen (secondary N) is 2. The predicted molar refractivity (Wildman–Crippen MR) is 126 cm³/mol. The smallest absolute Gasteiger partial charge is 0.402 e. The van der Waals surface area contributed by atoms with Crippen LogP contribution in [-0.2, 0) is 11.3 Å². The van der Waals surface area contributed by atoms with E-state index >= 15 is 0 Å². The molecule has 2 N–H and O–H groups in total. The Labute approximate surface area is 204 Å². The van der Waals surface area contributed by atoms with E-state index in [1.165, 1.54) is 12.1 Å². The molecule has 1 amide bonds. The van der Waals surface area contributed by atoms with Gasteiger partial charge in [-0.25, -0.2) is 9.78 Å². The van der Waals surface area contributed by atoms with E-state index in [1.54, 1.807) is 30.3 Å². The van der Waals surface area contributed by atoms with Crippen LogP contribution in [0.3, 0.4) is 0 Å². The first-order valence-corrected chi connectivity index (χ1v) is 11.2. The van der Waals surface area contributed by atoms with E-state index in [0.29, 0.717) is 29.0 Å². The summed E-state index contributed by atoms with van der Waals surface area (Å²) < 4.78 is 45.0. The molecule has 0 radical (unpaired) electrons. The van der Waals surface area contributed by atoms with Crippen LogP contribution in [0.5, 0.6) is 5.75 Å². The van der Waals surface area contributed by atoms with Gasteiger partial charge in [0.1, 0.15) is 17.0 Å². The standard InChI is InChI=1S/C24H24ClF3N4O3/c1-4-10-35-16-7-5-6-15(12-16)19-30-20(32-22(34)31-19)17-11-14(8-9-18(17)25)13-29-21(33)23(2,3)24(26,27)28/h5-9,11-12H,4,10,13H2,1-3H3,(H,29,33)(H,30,31,32,34). The highest BCUT2D eigenvalue weighted by Crippen LogP contribution is 2.37. The van der Waals surface area contributed by atoms with Gasteiger partial charge in [0.15, 0.2) is 5.82 Å². The molecule has 2 aromatic carbocycles. The van der Waals surface area contributed by atoms with Crippen LogP contribution in [0.2, 0.25) is 5.02 Å². The Morgan fingerprint density at radius 1 is 1.14 bits per heavy atom. The minimum absolute atomic E-state index is 0.119. The molecule has 7 nitrogen and oxygen atoms in total. The molecule has 0 fully saturated rings. The lowest BCUT2D eigenvalue weighted by molar-refractivity contribution is -0.211. The number of rotatable bonds is 8. The Kier molecular flexibility index (Phi) is 7.84. The van der Waals surface area contributed by atoms with Gasteiger partial charge in [0, 0.05) is 17.7 Å². The van der Waals surface area contributed by atoms with Crippen molar-refractivity contribution in [2.45, 2.75) is 39.9 Å². The Bertz CT molecular complexity index is 1280. The molecular formula is C24H24ClF3N4O3. The van der Waals surface area contributed by atoms with Gasteiger partial charge in [-0.1, -0.05) is 36.7 Å². The third kappa shape index (κ3) is 6.19. The van der Waals surface area contributed by atoms with Crippen molar-refractivity contribution in [1.29, 1.82) is 0 Å². The summed E-state index contributed by atoms with van der Waals surface area (Å²) in [6, 6.07) is 11.6. The molecule has 11 heteroatoms. The first-order chi connectivity index (χ1) is 16.4. The van der Waals surface area contributed by atoms with E-state index < -0.39 is 23.2 Å². The number of carbonyl (C=O) groups excluding carboxylic acids is 1. The molecule has 0 aliphatic heterocycles. The van der Waals surface area contributed by atoms with Gasteiger partial charge in [-0.3, -0.25) is 9.78 Å². The van der Waals surface area contributed by atoms with Gasteiger partial charge in [0.2, 0.25) is 5.91 Å². The van der Waals surface area contributed by atoms with E-state index in [-0.39, 0.29) is 23.2 Å². The molecule has 0 aliphatic rings. The first-order valence-electron chi connectivity index (χ1n) is 10.8. The zero-order chi connectivity index (χ0) is 25.8. The first kappa shape index (κ1) is 26.2. The second kappa shape index (κ2) is 10.5. The van der Waals surface area contributed by atoms with Crippen LogP contribution in [0, 0.1) is 5.41 Å². The third-order valence-electron chi connectivity index (χ3n) is 5.23. The van der Waals surface area contributed by atoms with Gasteiger partial charge in [-0.2, -0.15) is 18.2 Å². The summed E-state index contributed by atoms with van der Waals surface area (Å²) in [5.74, 6) is -0.294. The Balaban J connectivity index is 1.90. The molecule has 0 saturated heterocycles. The molecule has 1 aromatic heterocycles. The van der Waals surface area contributed by atoms with Crippen molar-refractivity contribution in [2.75, 3.05) is 6.61 Å². The Morgan fingerprint density at radius 2 is 1.89 bits per heavy atom. The fraction of sp³-hybridized carbons (Fsp3) is 0.333.